The van der Waals surface area contributed by atoms with E-state index in [1.807, 2.05) is 24.3 Å². The Balaban J connectivity index is 1.84. The molecular weight excluding hydrogens is 593 g/mol. The number of nitrogens with one attached hydrogen (secondary N) is 1. The van der Waals surface area contributed by atoms with Crippen molar-refractivity contribution in [2.24, 2.45) is 5.10 Å². The molecule has 0 radical (unpaired) electrons. The fourth-order valence-corrected chi connectivity index (χ4v) is 4.78. The molecule has 0 aliphatic carbocycles. The van der Waals surface area contributed by atoms with Crippen LogP contribution in [0.25, 0.3) is 0 Å². The van der Waals surface area contributed by atoms with Gasteiger partial charge in [0.1, 0.15) is 6.54 Å². The molecule has 31 heavy (non-hydrogen) atoms. The van der Waals surface area contributed by atoms with Crippen molar-refractivity contribution in [3.05, 3.63) is 92.5 Å². The second-order valence-electron chi connectivity index (χ2n) is 6.54. The molecule has 3 rings (SSSR count). The molecule has 0 saturated carbocycles. The summed E-state index contributed by atoms with van der Waals surface area (Å²) in [4.78, 5) is 12.7. The Bertz CT molecular complexity index is 1180. The number of carbonyl (C=O) groups is 1. The number of hydrazone groups is 1. The topological polar surface area (TPSA) is 78.8 Å². The zero-order valence-corrected chi connectivity index (χ0v) is 21.1. The number of nitrogens with zero attached hydrogens (tertiary/aromatic N) is 2. The quantitative estimate of drug-likeness (QED) is 0.237. The minimum absolute atomic E-state index is 0.101. The number of halogens is 2. The minimum Gasteiger partial charge on any atom is -0.271 e. The summed E-state index contributed by atoms with van der Waals surface area (Å²) in [6.45, 7) is 1.36. The highest BCUT2D eigenvalue weighted by Crippen LogP contribution is 2.25. The van der Waals surface area contributed by atoms with Gasteiger partial charge in [0.15, 0.2) is 0 Å². The molecule has 3 aromatic carbocycles. The molecule has 0 spiro atoms. The van der Waals surface area contributed by atoms with Crippen LogP contribution in [0.5, 0.6) is 0 Å². The number of hydrogen-bond donors (Lipinski definition) is 1. The van der Waals surface area contributed by atoms with Crippen LogP contribution in [0.2, 0.25) is 0 Å². The molecule has 1 N–H and O–H groups in total. The Morgan fingerprint density at radius 3 is 2.23 bits per heavy atom. The standard InChI is InChI=1S/C22H19BrIN3O3S/c1-16(17-7-11-19(24)12-8-17)25-26-22(28)15-27(20-13-9-18(23)10-14-20)31(29,30)21-5-3-2-4-6-21/h2-14H,15H2,1H3,(H,26,28)/b25-16-. The molecule has 0 bridgehead atoms. The van der Waals surface area contributed by atoms with E-state index in [4.69, 9.17) is 0 Å². The predicted octanol–water partition coefficient (Wildman–Crippen LogP) is 4.79. The Morgan fingerprint density at radius 2 is 1.61 bits per heavy atom. The van der Waals surface area contributed by atoms with E-state index in [0.717, 1.165) is 17.9 Å². The Hall–Kier alpha value is -2.24. The maximum absolute atomic E-state index is 13.2. The lowest BCUT2D eigenvalue weighted by molar-refractivity contribution is -0.119. The third-order valence-electron chi connectivity index (χ3n) is 4.34. The lowest BCUT2D eigenvalue weighted by Crippen LogP contribution is -2.39. The van der Waals surface area contributed by atoms with Crippen molar-refractivity contribution in [3.8, 4) is 0 Å². The molecule has 0 fully saturated rings. The maximum Gasteiger partial charge on any atom is 0.264 e. The summed E-state index contributed by atoms with van der Waals surface area (Å²) in [5, 5.41) is 4.13. The molecule has 9 heteroatoms. The number of sulfonamides is 1. The number of hydrogen-bond acceptors (Lipinski definition) is 4. The van der Waals surface area contributed by atoms with Crippen LogP contribution < -0.4 is 9.73 Å². The van der Waals surface area contributed by atoms with E-state index in [9.17, 15) is 13.2 Å². The Labute approximate surface area is 203 Å². The predicted molar refractivity (Wildman–Crippen MR) is 135 cm³/mol. The fraction of sp³-hybridized carbons (Fsp3) is 0.0909. The highest BCUT2D eigenvalue weighted by molar-refractivity contribution is 14.1. The van der Waals surface area contributed by atoms with E-state index in [1.165, 1.54) is 12.1 Å². The van der Waals surface area contributed by atoms with Crippen LogP contribution >= 0.6 is 38.5 Å². The molecule has 160 valence electrons. The molecule has 0 saturated heterocycles. The molecule has 0 atom stereocenters. The van der Waals surface area contributed by atoms with Crippen molar-refractivity contribution in [1.82, 2.24) is 5.43 Å². The first-order valence-electron chi connectivity index (χ1n) is 9.20. The molecule has 6 nitrogen and oxygen atoms in total. The van der Waals surface area contributed by atoms with Crippen LogP contribution in [0, 0.1) is 3.57 Å². The van der Waals surface area contributed by atoms with Gasteiger partial charge in [-0.3, -0.25) is 9.10 Å². The van der Waals surface area contributed by atoms with Gasteiger partial charge in [0, 0.05) is 8.04 Å². The second-order valence-corrected chi connectivity index (χ2v) is 10.6. The van der Waals surface area contributed by atoms with Crippen LogP contribution in [0.4, 0.5) is 5.69 Å². The average molecular weight is 612 g/mol. The summed E-state index contributed by atoms with van der Waals surface area (Å²) in [7, 11) is -3.95. The van der Waals surface area contributed by atoms with Crippen molar-refractivity contribution in [3.63, 3.8) is 0 Å². The fourth-order valence-electron chi connectivity index (χ4n) is 2.71. The molecule has 0 aromatic heterocycles. The van der Waals surface area contributed by atoms with Crippen LogP contribution in [0.3, 0.4) is 0 Å². The van der Waals surface area contributed by atoms with E-state index in [-0.39, 0.29) is 4.90 Å². The number of benzene rings is 3. The van der Waals surface area contributed by atoms with Crippen molar-refractivity contribution >= 4 is 65.9 Å². The average Bonchev–Trinajstić information content (AvgIpc) is 2.77. The third-order valence-corrected chi connectivity index (χ3v) is 7.38. The summed E-state index contributed by atoms with van der Waals surface area (Å²) in [5.74, 6) is -0.549. The number of rotatable bonds is 7. The zero-order valence-electron chi connectivity index (χ0n) is 16.5. The van der Waals surface area contributed by atoms with Gasteiger partial charge in [0.2, 0.25) is 0 Å². The number of amides is 1. The van der Waals surface area contributed by atoms with Crippen molar-refractivity contribution in [1.29, 1.82) is 0 Å². The highest BCUT2D eigenvalue weighted by atomic mass is 127. The highest BCUT2D eigenvalue weighted by Gasteiger charge is 2.27. The number of carbonyl (C=O) groups excluding carboxylic acids is 1. The molecule has 0 aliphatic heterocycles. The van der Waals surface area contributed by atoms with Gasteiger partial charge in [-0.2, -0.15) is 5.10 Å². The van der Waals surface area contributed by atoms with E-state index in [2.05, 4.69) is 49.0 Å². The van der Waals surface area contributed by atoms with Crippen LogP contribution in [0.15, 0.2) is 93.3 Å². The maximum atomic E-state index is 13.2. The monoisotopic (exact) mass is 611 g/mol. The first-order valence-corrected chi connectivity index (χ1v) is 12.5. The minimum atomic E-state index is -3.95. The number of anilines is 1. The van der Waals surface area contributed by atoms with Gasteiger partial charge in [-0.05, 0) is 83.6 Å². The summed E-state index contributed by atoms with van der Waals surface area (Å²) in [6, 6.07) is 22.4. The summed E-state index contributed by atoms with van der Waals surface area (Å²) >= 11 is 5.55. The van der Waals surface area contributed by atoms with Crippen molar-refractivity contribution in [2.45, 2.75) is 11.8 Å². The summed E-state index contributed by atoms with van der Waals surface area (Å²) < 4.78 is 29.4. The summed E-state index contributed by atoms with van der Waals surface area (Å²) in [5.41, 5.74) is 4.32. The lowest BCUT2D eigenvalue weighted by atomic mass is 10.1. The first kappa shape index (κ1) is 23.4. The largest absolute Gasteiger partial charge is 0.271 e. The third kappa shape index (κ3) is 6.14. The molecule has 0 unspecified atom stereocenters. The molecular formula is C22H19BrIN3O3S. The molecule has 0 aliphatic rings. The van der Waals surface area contributed by atoms with Gasteiger partial charge >= 0.3 is 0 Å². The Kier molecular flexibility index (Phi) is 7.84. The SMILES string of the molecule is C/C(=N/NC(=O)CN(c1ccc(Br)cc1)S(=O)(=O)c1ccccc1)c1ccc(I)cc1. The van der Waals surface area contributed by atoms with E-state index >= 15 is 0 Å². The molecule has 0 heterocycles. The molecule has 3 aromatic rings. The van der Waals surface area contributed by atoms with Crippen LogP contribution in [-0.2, 0) is 14.8 Å². The van der Waals surface area contributed by atoms with Crippen molar-refractivity contribution < 1.29 is 13.2 Å². The first-order chi connectivity index (χ1) is 14.8. The van der Waals surface area contributed by atoms with Gasteiger partial charge in [-0.25, -0.2) is 13.8 Å². The second kappa shape index (κ2) is 10.4. The molecule has 1 amide bonds. The van der Waals surface area contributed by atoms with E-state index < -0.39 is 22.5 Å². The van der Waals surface area contributed by atoms with E-state index in [1.54, 1.807) is 49.4 Å². The van der Waals surface area contributed by atoms with Crippen molar-refractivity contribution in [2.75, 3.05) is 10.8 Å². The van der Waals surface area contributed by atoms with Gasteiger partial charge in [0.25, 0.3) is 15.9 Å². The summed E-state index contributed by atoms with van der Waals surface area (Å²) in [6.07, 6.45) is 0. The Morgan fingerprint density at radius 1 is 1.00 bits per heavy atom. The lowest BCUT2D eigenvalue weighted by Gasteiger charge is -2.23. The van der Waals surface area contributed by atoms with Crippen LogP contribution in [0.1, 0.15) is 12.5 Å². The van der Waals surface area contributed by atoms with Crippen LogP contribution in [-0.4, -0.2) is 26.6 Å². The smallest absolute Gasteiger partial charge is 0.264 e. The van der Waals surface area contributed by atoms with Gasteiger partial charge < -0.3 is 0 Å². The van der Waals surface area contributed by atoms with Gasteiger partial charge in [0.05, 0.1) is 16.3 Å². The van der Waals surface area contributed by atoms with Gasteiger partial charge in [-0.15, -0.1) is 0 Å². The normalized spacial score (nSPS) is 11.8. The van der Waals surface area contributed by atoms with E-state index in [0.29, 0.717) is 11.4 Å². The zero-order chi connectivity index (χ0) is 22.4. The van der Waals surface area contributed by atoms with Gasteiger partial charge in [-0.1, -0.05) is 46.3 Å².